The first kappa shape index (κ1) is 23.4. The fourth-order valence-electron chi connectivity index (χ4n) is 2.91. The average molecular weight is 469 g/mol. The van der Waals surface area contributed by atoms with Crippen LogP contribution in [0.3, 0.4) is 0 Å². The van der Waals surface area contributed by atoms with Gasteiger partial charge in [-0.3, -0.25) is 0 Å². The highest BCUT2D eigenvalue weighted by Gasteiger charge is 2.18. The number of esters is 2. The van der Waals surface area contributed by atoms with Crippen LogP contribution >= 0.6 is 23.6 Å². The second-order valence-corrected chi connectivity index (χ2v) is 8.45. The Balaban J connectivity index is 1.68. The van der Waals surface area contributed by atoms with Crippen LogP contribution in [0.4, 0.5) is 10.7 Å². The molecule has 8 heteroatoms. The van der Waals surface area contributed by atoms with Crippen molar-refractivity contribution in [3.05, 3.63) is 82.2 Å². The van der Waals surface area contributed by atoms with E-state index in [1.54, 1.807) is 24.3 Å². The molecule has 0 atom stereocenters. The molecule has 1 aromatic heterocycles. The van der Waals surface area contributed by atoms with Crippen LogP contribution in [0, 0.1) is 0 Å². The van der Waals surface area contributed by atoms with Crippen LogP contribution < -0.4 is 10.6 Å². The molecule has 0 aliphatic rings. The molecule has 2 aromatic carbocycles. The largest absolute Gasteiger partial charge is 0.465 e. The second-order valence-electron chi connectivity index (χ2n) is 6.90. The summed E-state index contributed by atoms with van der Waals surface area (Å²) in [6.07, 6.45) is 1.47. The van der Waals surface area contributed by atoms with Crippen LogP contribution in [0.2, 0.25) is 0 Å². The van der Waals surface area contributed by atoms with Gasteiger partial charge in [0.15, 0.2) is 5.11 Å². The van der Waals surface area contributed by atoms with E-state index in [2.05, 4.69) is 10.6 Å². The monoisotopic (exact) mass is 468 g/mol. The molecule has 0 saturated heterocycles. The first-order valence-corrected chi connectivity index (χ1v) is 11.3. The number of rotatable bonds is 8. The number of anilines is 2. The number of thiophene rings is 1. The van der Waals surface area contributed by atoms with Crippen molar-refractivity contribution in [1.82, 2.24) is 0 Å². The molecule has 0 bridgehead atoms. The Hall–Kier alpha value is -3.23. The van der Waals surface area contributed by atoms with Gasteiger partial charge in [0.1, 0.15) is 5.00 Å². The molecule has 1 heterocycles. The lowest BCUT2D eigenvalue weighted by atomic mass is 10.1. The van der Waals surface area contributed by atoms with Gasteiger partial charge in [-0.15, -0.1) is 11.3 Å². The van der Waals surface area contributed by atoms with Crippen molar-refractivity contribution in [3.63, 3.8) is 0 Å². The molecule has 0 aliphatic heterocycles. The molecule has 3 aromatic rings. The van der Waals surface area contributed by atoms with Gasteiger partial charge in [0, 0.05) is 17.0 Å². The third-order valence-corrected chi connectivity index (χ3v) is 5.71. The van der Waals surface area contributed by atoms with Gasteiger partial charge in [0.2, 0.25) is 0 Å². The topological polar surface area (TPSA) is 76.7 Å². The molecule has 6 nitrogen and oxygen atoms in total. The van der Waals surface area contributed by atoms with Gasteiger partial charge in [-0.05, 0) is 54.5 Å². The van der Waals surface area contributed by atoms with Crippen LogP contribution in [0.15, 0.2) is 60.7 Å². The van der Waals surface area contributed by atoms with Gasteiger partial charge in [0.05, 0.1) is 24.8 Å². The van der Waals surface area contributed by atoms with E-state index in [0.29, 0.717) is 40.0 Å². The van der Waals surface area contributed by atoms with Crippen molar-refractivity contribution >= 4 is 51.3 Å². The van der Waals surface area contributed by atoms with Crippen LogP contribution in [-0.4, -0.2) is 30.8 Å². The summed E-state index contributed by atoms with van der Waals surface area (Å²) >= 11 is 6.87. The van der Waals surface area contributed by atoms with E-state index in [0.717, 1.165) is 16.9 Å². The van der Waals surface area contributed by atoms with Crippen LogP contribution in [0.25, 0.3) is 0 Å². The number of hydrogen-bond donors (Lipinski definition) is 2. The number of benzene rings is 2. The lowest BCUT2D eigenvalue weighted by molar-refractivity contribution is 0.0504. The molecule has 0 aliphatic carbocycles. The molecule has 0 radical (unpaired) electrons. The third kappa shape index (κ3) is 6.38. The molecule has 0 amide bonds. The third-order valence-electron chi connectivity index (χ3n) is 4.45. The number of nitrogens with one attached hydrogen (secondary N) is 2. The Morgan fingerprint density at radius 1 is 1.00 bits per heavy atom. The van der Waals surface area contributed by atoms with Gasteiger partial charge >= 0.3 is 11.9 Å². The summed E-state index contributed by atoms with van der Waals surface area (Å²) < 4.78 is 10.1. The minimum atomic E-state index is -0.430. The second kappa shape index (κ2) is 11.4. The molecular weight excluding hydrogens is 444 g/mol. The zero-order valence-electron chi connectivity index (χ0n) is 17.8. The van der Waals surface area contributed by atoms with E-state index in [-0.39, 0.29) is 5.97 Å². The lowest BCUT2D eigenvalue weighted by Gasteiger charge is -2.11. The fraction of sp³-hybridized carbons (Fsp3) is 0.208. The predicted octanol–water partition coefficient (Wildman–Crippen LogP) is 5.50. The van der Waals surface area contributed by atoms with E-state index in [4.69, 9.17) is 21.7 Å². The summed E-state index contributed by atoms with van der Waals surface area (Å²) in [6, 6.07) is 18.7. The Morgan fingerprint density at radius 2 is 1.72 bits per heavy atom. The van der Waals surface area contributed by atoms with Crippen LogP contribution in [-0.2, 0) is 15.9 Å². The van der Waals surface area contributed by atoms with Crippen molar-refractivity contribution < 1.29 is 19.1 Å². The SMILES string of the molecule is CCCOC(=O)c1ccc(NC(=S)Nc2sc(Cc3ccccc3)cc2C(=O)OC)cc1. The van der Waals surface area contributed by atoms with Gasteiger partial charge in [-0.25, -0.2) is 9.59 Å². The minimum absolute atomic E-state index is 0.324. The van der Waals surface area contributed by atoms with E-state index in [1.165, 1.54) is 18.4 Å². The Bertz CT molecular complexity index is 1080. The fourth-order valence-corrected chi connectivity index (χ4v) is 4.28. The lowest BCUT2D eigenvalue weighted by Crippen LogP contribution is -2.20. The minimum Gasteiger partial charge on any atom is -0.465 e. The number of hydrogen-bond acceptors (Lipinski definition) is 6. The summed E-state index contributed by atoms with van der Waals surface area (Å²) in [7, 11) is 1.35. The van der Waals surface area contributed by atoms with Crippen molar-refractivity contribution in [3.8, 4) is 0 Å². The Labute approximate surface area is 196 Å². The van der Waals surface area contributed by atoms with E-state index in [1.807, 2.05) is 43.3 Å². The highest BCUT2D eigenvalue weighted by Crippen LogP contribution is 2.30. The number of methoxy groups -OCH3 is 1. The van der Waals surface area contributed by atoms with E-state index in [9.17, 15) is 9.59 Å². The smallest absolute Gasteiger partial charge is 0.340 e. The molecular formula is C24H24N2O4S2. The Kier molecular flexibility index (Phi) is 8.35. The first-order valence-electron chi connectivity index (χ1n) is 10.1. The van der Waals surface area contributed by atoms with Crippen LogP contribution in [0.5, 0.6) is 0 Å². The van der Waals surface area contributed by atoms with Gasteiger partial charge < -0.3 is 20.1 Å². The zero-order valence-corrected chi connectivity index (χ0v) is 19.5. The maximum atomic E-state index is 12.3. The summed E-state index contributed by atoms with van der Waals surface area (Å²) in [5.41, 5.74) is 2.76. The van der Waals surface area contributed by atoms with Crippen molar-refractivity contribution in [1.29, 1.82) is 0 Å². The molecule has 3 rings (SSSR count). The van der Waals surface area contributed by atoms with Crippen molar-refractivity contribution in [2.45, 2.75) is 19.8 Å². The maximum absolute atomic E-state index is 12.3. The molecule has 166 valence electrons. The summed E-state index contributed by atoms with van der Waals surface area (Å²) in [6.45, 7) is 2.33. The number of carbonyl (C=O) groups is 2. The van der Waals surface area contributed by atoms with E-state index < -0.39 is 5.97 Å². The molecule has 0 saturated carbocycles. The molecule has 0 fully saturated rings. The quantitative estimate of drug-likeness (QED) is 0.334. The predicted molar refractivity (Wildman–Crippen MR) is 132 cm³/mol. The first-order chi connectivity index (χ1) is 15.5. The number of thiocarbonyl (C=S) groups is 1. The molecule has 32 heavy (non-hydrogen) atoms. The molecule has 2 N–H and O–H groups in total. The highest BCUT2D eigenvalue weighted by atomic mass is 32.1. The van der Waals surface area contributed by atoms with E-state index >= 15 is 0 Å². The molecule has 0 unspecified atom stereocenters. The number of ether oxygens (including phenoxy) is 2. The maximum Gasteiger partial charge on any atom is 0.340 e. The zero-order chi connectivity index (χ0) is 22.9. The van der Waals surface area contributed by atoms with Crippen LogP contribution in [0.1, 0.15) is 44.5 Å². The Morgan fingerprint density at radius 3 is 2.38 bits per heavy atom. The number of carbonyl (C=O) groups excluding carboxylic acids is 2. The summed E-state index contributed by atoms with van der Waals surface area (Å²) in [5, 5.41) is 7.09. The normalized spacial score (nSPS) is 10.3. The van der Waals surface area contributed by atoms with Gasteiger partial charge in [0.25, 0.3) is 0 Å². The highest BCUT2D eigenvalue weighted by molar-refractivity contribution is 7.80. The van der Waals surface area contributed by atoms with Gasteiger partial charge in [-0.1, -0.05) is 37.3 Å². The average Bonchev–Trinajstić information content (AvgIpc) is 3.19. The molecule has 0 spiro atoms. The van der Waals surface area contributed by atoms with Gasteiger partial charge in [-0.2, -0.15) is 0 Å². The summed E-state index contributed by atoms with van der Waals surface area (Å²) in [4.78, 5) is 25.2. The summed E-state index contributed by atoms with van der Waals surface area (Å²) in [5.74, 6) is -0.785. The van der Waals surface area contributed by atoms with Crippen molar-refractivity contribution in [2.75, 3.05) is 24.4 Å². The van der Waals surface area contributed by atoms with Crippen molar-refractivity contribution in [2.24, 2.45) is 0 Å². The standard InChI is InChI=1S/C24H24N2O4S2/c1-3-13-30-22(27)17-9-11-18(12-10-17)25-24(31)26-21-20(23(28)29-2)15-19(32-21)14-16-7-5-4-6-8-16/h4-12,15H,3,13-14H2,1-2H3,(H2,25,26,31).